The van der Waals surface area contributed by atoms with Crippen molar-refractivity contribution in [2.75, 3.05) is 85.3 Å². The molecule has 0 spiro atoms. The maximum Gasteiger partial charge on any atom is 0.161 e. The van der Waals surface area contributed by atoms with Gasteiger partial charge in [-0.1, -0.05) is 0 Å². The minimum Gasteiger partial charge on any atom is -0.493 e. The molecule has 15 rings (SSSR count). The van der Waals surface area contributed by atoms with E-state index in [4.69, 9.17) is 56.8 Å². The number of hydrogen-bond acceptors (Lipinski definition) is 12. The van der Waals surface area contributed by atoms with E-state index in [9.17, 15) is 0 Å². The van der Waals surface area contributed by atoms with Gasteiger partial charge in [0.25, 0.3) is 0 Å². The molecule has 0 heterocycles. The molecule has 0 unspecified atom stereocenters. The van der Waals surface area contributed by atoms with E-state index in [2.05, 4.69) is 109 Å². The Balaban J connectivity index is 1.18. The van der Waals surface area contributed by atoms with Gasteiger partial charge in [0.15, 0.2) is 69.0 Å². The summed E-state index contributed by atoms with van der Waals surface area (Å²) in [5.41, 5.74) is 7.27. The Morgan fingerprint density at radius 1 is 0.150 bits per heavy atom. The van der Waals surface area contributed by atoms with Gasteiger partial charge < -0.3 is 56.8 Å². The lowest BCUT2D eigenvalue weighted by molar-refractivity contribution is 0.355. The first-order valence-electron chi connectivity index (χ1n) is 26.2. The van der Waals surface area contributed by atoms with Crippen molar-refractivity contribution in [3.63, 3.8) is 0 Å². The Bertz CT molecular complexity index is 3950. The molecule has 0 saturated heterocycles. The number of hydrogen-bond donors (Lipinski definition) is 0. The summed E-state index contributed by atoms with van der Waals surface area (Å²) in [4.78, 5) is 0. The first kappa shape index (κ1) is 48.9. The Hall–Kier alpha value is -9.42. The van der Waals surface area contributed by atoms with E-state index in [1.807, 2.05) is 0 Å². The van der Waals surface area contributed by atoms with Crippen molar-refractivity contribution in [3.8, 4) is 69.0 Å². The third-order valence-corrected chi connectivity index (χ3v) is 17.3. The Morgan fingerprint density at radius 2 is 0.237 bits per heavy atom. The van der Waals surface area contributed by atoms with E-state index in [0.717, 1.165) is 97.0 Å². The molecule has 0 atom stereocenters. The van der Waals surface area contributed by atoms with Crippen LogP contribution >= 0.6 is 0 Å². The van der Waals surface area contributed by atoms with Crippen molar-refractivity contribution >= 4 is 97.0 Å². The highest BCUT2D eigenvalue weighted by Gasteiger charge is 2.43. The monoisotopic (exact) mass is 1060 g/mol. The van der Waals surface area contributed by atoms with Gasteiger partial charge in [-0.2, -0.15) is 0 Å². The average molecular weight is 1070 g/mol. The van der Waals surface area contributed by atoms with Crippen LogP contribution in [-0.4, -0.2) is 85.3 Å². The largest absolute Gasteiger partial charge is 0.493 e. The molecule has 12 nitrogen and oxygen atoms in total. The molecule has 12 aromatic carbocycles. The standard InChI is InChI=1S/C68H56O12/c1-69-55-19-37-31-13-49-50(14-32(31)38-20-56(70-2)62(76-8)26-44(38)43(37)25-61(55)75-7)68-53-17-35-33(39-21-57(71-3)63(77-9)27-45(39)47-29-65(79-11)59(73-5)23-41(35)47)15-51(53)67(49)52-16-34-36(18-54(52)68)42-24-60(74-6)66(80-12)30-48(42)46-28-64(78-10)58(72-4)22-40(34)46/h13-30,67-68H,1-12H3. The summed E-state index contributed by atoms with van der Waals surface area (Å²) < 4.78 is 72.0. The zero-order valence-electron chi connectivity index (χ0n) is 46.4. The predicted octanol–water partition coefficient (Wildman–Crippen LogP) is 15.2. The molecule has 0 aliphatic heterocycles. The number of fused-ring (bicyclic) bond motifs is 18. The number of ether oxygens (including phenoxy) is 12. The van der Waals surface area contributed by atoms with E-state index >= 15 is 0 Å². The topological polar surface area (TPSA) is 111 Å². The Kier molecular flexibility index (Phi) is 11.0. The van der Waals surface area contributed by atoms with Crippen LogP contribution in [0.4, 0.5) is 0 Å². The molecule has 2 bridgehead atoms. The molecule has 3 aliphatic rings. The SMILES string of the molecule is COc1cc2c3cc(OC)c(OC)cc3c3cc4c(cc3c2cc1OC)C1c2cc3c5cc(OC)c(OC)cc5c5cc(OC)c(OC)cc5c3cc2C4c2cc3c4cc(OC)c(OC)cc4c4cc(OC)c(OC)cc4c3cc21. The van der Waals surface area contributed by atoms with Crippen LogP contribution in [0.2, 0.25) is 0 Å². The first-order valence-corrected chi connectivity index (χ1v) is 26.2. The van der Waals surface area contributed by atoms with Crippen molar-refractivity contribution in [2.24, 2.45) is 0 Å². The molecule has 0 radical (unpaired) electrons. The lowest BCUT2D eigenvalue weighted by Gasteiger charge is -2.43. The van der Waals surface area contributed by atoms with Crippen molar-refractivity contribution in [2.45, 2.75) is 11.8 Å². The summed E-state index contributed by atoms with van der Waals surface area (Å²) in [5, 5.41) is 18.5. The molecule has 400 valence electrons. The molecule has 12 heteroatoms. The molecule has 0 amide bonds. The third-order valence-electron chi connectivity index (χ3n) is 17.3. The van der Waals surface area contributed by atoms with Gasteiger partial charge in [-0.05, 0) is 240 Å². The van der Waals surface area contributed by atoms with Crippen LogP contribution in [0.5, 0.6) is 69.0 Å². The molecule has 0 fully saturated rings. The smallest absolute Gasteiger partial charge is 0.161 e. The van der Waals surface area contributed by atoms with E-state index in [1.54, 1.807) is 85.3 Å². The predicted molar refractivity (Wildman–Crippen MR) is 317 cm³/mol. The molecule has 12 aromatic rings. The van der Waals surface area contributed by atoms with Gasteiger partial charge in [-0.15, -0.1) is 0 Å². The minimum absolute atomic E-state index is 0.234. The van der Waals surface area contributed by atoms with Crippen LogP contribution < -0.4 is 56.8 Å². The van der Waals surface area contributed by atoms with E-state index in [1.165, 1.54) is 33.4 Å². The molecule has 80 heavy (non-hydrogen) atoms. The summed E-state index contributed by atoms with van der Waals surface area (Å²) in [6, 6.07) is 39.6. The van der Waals surface area contributed by atoms with Gasteiger partial charge in [0.05, 0.1) is 85.3 Å². The quantitative estimate of drug-likeness (QED) is 0.109. The normalized spacial score (nSPS) is 14.2. The van der Waals surface area contributed by atoms with Crippen molar-refractivity contribution in [3.05, 3.63) is 143 Å². The van der Waals surface area contributed by atoms with E-state index < -0.39 is 0 Å². The molecular formula is C68H56O12. The summed E-state index contributed by atoms with van der Waals surface area (Å²) in [6.45, 7) is 0. The maximum absolute atomic E-state index is 6.04. The fourth-order valence-electron chi connectivity index (χ4n) is 13.7. The second-order valence-corrected chi connectivity index (χ2v) is 20.5. The van der Waals surface area contributed by atoms with Crippen LogP contribution in [0.15, 0.2) is 109 Å². The van der Waals surface area contributed by atoms with Crippen molar-refractivity contribution in [1.82, 2.24) is 0 Å². The van der Waals surface area contributed by atoms with Gasteiger partial charge in [-0.25, -0.2) is 0 Å². The van der Waals surface area contributed by atoms with Crippen LogP contribution in [0, 0.1) is 0 Å². The minimum atomic E-state index is -0.234. The Labute approximate surface area is 460 Å². The molecule has 0 N–H and O–H groups in total. The lowest BCUT2D eigenvalue weighted by atomic mass is 9.59. The highest BCUT2D eigenvalue weighted by molar-refractivity contribution is 6.30. The summed E-state index contributed by atoms with van der Waals surface area (Å²) in [7, 11) is 20.1. The first-order chi connectivity index (χ1) is 39.1. The third kappa shape index (κ3) is 6.56. The highest BCUT2D eigenvalue weighted by atomic mass is 16.5. The number of methoxy groups -OCH3 is 12. The van der Waals surface area contributed by atoms with Gasteiger partial charge in [0, 0.05) is 11.8 Å². The zero-order valence-corrected chi connectivity index (χ0v) is 46.4. The maximum atomic E-state index is 6.04. The van der Waals surface area contributed by atoms with E-state index in [0.29, 0.717) is 69.0 Å². The summed E-state index contributed by atoms with van der Waals surface area (Å²) >= 11 is 0. The number of benzene rings is 12. The summed E-state index contributed by atoms with van der Waals surface area (Å²) in [5.74, 6) is 7.11. The summed E-state index contributed by atoms with van der Waals surface area (Å²) in [6.07, 6.45) is 0. The zero-order chi connectivity index (χ0) is 55.2. The lowest BCUT2D eigenvalue weighted by Crippen LogP contribution is -2.27. The van der Waals surface area contributed by atoms with Gasteiger partial charge in [0.2, 0.25) is 0 Å². The second-order valence-electron chi connectivity index (χ2n) is 20.5. The van der Waals surface area contributed by atoms with Gasteiger partial charge >= 0.3 is 0 Å². The molecule has 3 aliphatic carbocycles. The van der Waals surface area contributed by atoms with Crippen LogP contribution in [0.1, 0.15) is 45.2 Å². The number of rotatable bonds is 12. The highest BCUT2D eigenvalue weighted by Crippen LogP contribution is 2.61. The van der Waals surface area contributed by atoms with Crippen LogP contribution in [-0.2, 0) is 0 Å². The van der Waals surface area contributed by atoms with E-state index in [-0.39, 0.29) is 11.8 Å². The van der Waals surface area contributed by atoms with Gasteiger partial charge in [0.1, 0.15) is 0 Å². The van der Waals surface area contributed by atoms with Crippen LogP contribution in [0.25, 0.3) is 97.0 Å². The Morgan fingerprint density at radius 3 is 0.325 bits per heavy atom. The molecule has 0 saturated carbocycles. The average Bonchev–Trinajstić information content (AvgIpc) is 3.67. The molecular weight excluding hydrogens is 1010 g/mol. The molecule has 0 aromatic heterocycles. The van der Waals surface area contributed by atoms with Crippen molar-refractivity contribution < 1.29 is 56.8 Å². The van der Waals surface area contributed by atoms with Gasteiger partial charge in [-0.3, -0.25) is 0 Å². The fourth-order valence-corrected chi connectivity index (χ4v) is 13.7. The van der Waals surface area contributed by atoms with Crippen LogP contribution in [0.3, 0.4) is 0 Å². The second kappa shape index (κ2) is 18.1. The fraction of sp³-hybridized carbons (Fsp3) is 0.206. The van der Waals surface area contributed by atoms with Crippen molar-refractivity contribution in [1.29, 1.82) is 0 Å².